The predicted octanol–water partition coefficient (Wildman–Crippen LogP) is 2.72. The van der Waals surface area contributed by atoms with Crippen LogP contribution < -0.4 is 11.1 Å². The van der Waals surface area contributed by atoms with Gasteiger partial charge in [-0.15, -0.1) is 0 Å². The number of phenols is 1. The maximum Gasteiger partial charge on any atom is 0.248 e. The minimum absolute atomic E-state index is 0.319. The van der Waals surface area contributed by atoms with E-state index in [-0.39, 0.29) is 0 Å². The summed E-state index contributed by atoms with van der Waals surface area (Å²) >= 11 is 0. The number of aromatic hydroxyl groups is 1. The summed E-state index contributed by atoms with van der Waals surface area (Å²) in [4.78, 5) is 11.0. The minimum atomic E-state index is -0.427. The molecular formula is C16H18N2O2. The molecule has 0 heterocycles. The Morgan fingerprint density at radius 1 is 1.15 bits per heavy atom. The van der Waals surface area contributed by atoms with E-state index in [4.69, 9.17) is 5.73 Å². The molecule has 2 rings (SSSR count). The zero-order valence-corrected chi connectivity index (χ0v) is 11.6. The van der Waals surface area contributed by atoms with Gasteiger partial charge in [0.1, 0.15) is 5.75 Å². The van der Waals surface area contributed by atoms with Crippen LogP contribution in [0.25, 0.3) is 0 Å². The average molecular weight is 270 g/mol. The molecule has 4 nitrogen and oxygen atoms in total. The zero-order valence-electron chi connectivity index (χ0n) is 11.6. The molecule has 0 bridgehead atoms. The van der Waals surface area contributed by atoms with Crippen molar-refractivity contribution in [3.63, 3.8) is 0 Å². The first-order chi connectivity index (χ1) is 9.49. The van der Waals surface area contributed by atoms with Gasteiger partial charge in [0.25, 0.3) is 0 Å². The van der Waals surface area contributed by atoms with Crippen LogP contribution in [0.3, 0.4) is 0 Å². The van der Waals surface area contributed by atoms with Gasteiger partial charge in [-0.2, -0.15) is 0 Å². The van der Waals surface area contributed by atoms with Crippen molar-refractivity contribution in [2.75, 3.05) is 5.32 Å². The average Bonchev–Trinajstić information content (AvgIpc) is 2.44. The minimum Gasteiger partial charge on any atom is -0.507 e. The fraction of sp³-hybridized carbons (Fsp3) is 0.188. The molecule has 0 saturated carbocycles. The highest BCUT2D eigenvalue weighted by Crippen LogP contribution is 2.28. The van der Waals surface area contributed by atoms with Gasteiger partial charge >= 0.3 is 0 Å². The van der Waals surface area contributed by atoms with Gasteiger partial charge in [0.2, 0.25) is 5.91 Å². The number of hydrogen-bond donors (Lipinski definition) is 3. The summed E-state index contributed by atoms with van der Waals surface area (Å²) in [5.41, 5.74) is 9.32. The topological polar surface area (TPSA) is 75.3 Å². The Morgan fingerprint density at radius 2 is 1.80 bits per heavy atom. The van der Waals surface area contributed by atoms with Crippen LogP contribution in [0.1, 0.15) is 27.0 Å². The zero-order chi connectivity index (χ0) is 14.7. The number of carbonyl (C=O) groups is 1. The highest BCUT2D eigenvalue weighted by atomic mass is 16.3. The Hall–Kier alpha value is -2.49. The number of nitrogens with two attached hydrogens (primary N) is 1. The number of carbonyl (C=O) groups excluding carboxylic acids is 1. The molecule has 4 heteroatoms. The van der Waals surface area contributed by atoms with Crippen molar-refractivity contribution in [3.8, 4) is 5.75 Å². The summed E-state index contributed by atoms with van der Waals surface area (Å²) < 4.78 is 0. The molecule has 1 amide bonds. The molecule has 4 N–H and O–H groups in total. The lowest BCUT2D eigenvalue weighted by Crippen LogP contribution is -2.10. The van der Waals surface area contributed by atoms with Gasteiger partial charge in [-0.25, -0.2) is 0 Å². The van der Waals surface area contributed by atoms with E-state index in [1.807, 2.05) is 38.1 Å². The molecule has 0 spiro atoms. The summed E-state index contributed by atoms with van der Waals surface area (Å²) in [5, 5.41) is 13.2. The van der Waals surface area contributed by atoms with E-state index in [0.717, 1.165) is 22.4 Å². The van der Waals surface area contributed by atoms with Gasteiger partial charge in [0.15, 0.2) is 0 Å². The third-order valence-electron chi connectivity index (χ3n) is 3.35. The van der Waals surface area contributed by atoms with E-state index < -0.39 is 5.91 Å². The molecule has 0 atom stereocenters. The van der Waals surface area contributed by atoms with E-state index in [1.54, 1.807) is 12.1 Å². The summed E-state index contributed by atoms with van der Waals surface area (Å²) in [5.74, 6) is -0.108. The van der Waals surface area contributed by atoms with Crippen molar-refractivity contribution >= 4 is 11.6 Å². The monoisotopic (exact) mass is 270 g/mol. The smallest absolute Gasteiger partial charge is 0.248 e. The first kappa shape index (κ1) is 13.9. The Labute approximate surface area is 118 Å². The second kappa shape index (κ2) is 5.65. The van der Waals surface area contributed by atoms with Gasteiger partial charge in [-0.1, -0.05) is 18.2 Å². The largest absolute Gasteiger partial charge is 0.507 e. The number of aryl methyl sites for hydroxylation is 1. The molecular weight excluding hydrogens is 252 g/mol. The number of primary amides is 1. The van der Waals surface area contributed by atoms with Crippen molar-refractivity contribution in [3.05, 3.63) is 58.7 Å². The van der Waals surface area contributed by atoms with Gasteiger partial charge in [0, 0.05) is 23.4 Å². The fourth-order valence-corrected chi connectivity index (χ4v) is 2.01. The number of benzene rings is 2. The molecule has 104 valence electrons. The molecule has 0 fully saturated rings. The lowest BCUT2D eigenvalue weighted by Gasteiger charge is -2.12. The number of hydrogen-bond acceptors (Lipinski definition) is 3. The highest BCUT2D eigenvalue weighted by molar-refractivity contribution is 5.92. The van der Waals surface area contributed by atoms with E-state index in [0.29, 0.717) is 17.9 Å². The number of amides is 1. The number of anilines is 1. The van der Waals surface area contributed by atoms with Gasteiger partial charge in [-0.05, 0) is 43.2 Å². The molecule has 0 aliphatic rings. The molecule has 0 aromatic heterocycles. The van der Waals surface area contributed by atoms with Crippen LogP contribution in [0.5, 0.6) is 5.75 Å². The van der Waals surface area contributed by atoms with Crippen molar-refractivity contribution in [2.45, 2.75) is 20.4 Å². The number of phenolic OH excluding ortho intramolecular Hbond substituents is 1. The summed E-state index contributed by atoms with van der Waals surface area (Å²) in [6.45, 7) is 4.36. The second-order valence-corrected chi connectivity index (χ2v) is 4.82. The molecule has 20 heavy (non-hydrogen) atoms. The standard InChI is InChI=1S/C16H18N2O2/c1-10-3-8-14(11(2)15(10)19)18-9-12-4-6-13(7-5-12)16(17)20/h3-8,18-19H,9H2,1-2H3,(H2,17,20). The Kier molecular flexibility index (Phi) is 3.94. The Balaban J connectivity index is 2.09. The van der Waals surface area contributed by atoms with Crippen LogP contribution in [0.2, 0.25) is 0 Å². The Bertz CT molecular complexity index is 634. The summed E-state index contributed by atoms with van der Waals surface area (Å²) in [7, 11) is 0. The molecule has 2 aromatic rings. The molecule has 0 unspecified atom stereocenters. The van der Waals surface area contributed by atoms with Gasteiger partial charge in [0.05, 0.1) is 0 Å². The predicted molar refractivity (Wildman–Crippen MR) is 79.9 cm³/mol. The van der Waals surface area contributed by atoms with Crippen molar-refractivity contribution in [1.29, 1.82) is 0 Å². The fourth-order valence-electron chi connectivity index (χ4n) is 2.01. The third kappa shape index (κ3) is 2.91. The van der Waals surface area contributed by atoms with Crippen LogP contribution >= 0.6 is 0 Å². The van der Waals surface area contributed by atoms with Gasteiger partial charge in [-0.3, -0.25) is 4.79 Å². The van der Waals surface area contributed by atoms with Crippen molar-refractivity contribution in [2.24, 2.45) is 5.73 Å². The third-order valence-corrected chi connectivity index (χ3v) is 3.35. The number of nitrogens with one attached hydrogen (secondary N) is 1. The van der Waals surface area contributed by atoms with E-state index >= 15 is 0 Å². The summed E-state index contributed by atoms with van der Waals surface area (Å²) in [6.07, 6.45) is 0. The SMILES string of the molecule is Cc1ccc(NCc2ccc(C(N)=O)cc2)c(C)c1O. The molecule has 2 aromatic carbocycles. The number of rotatable bonds is 4. The van der Waals surface area contributed by atoms with Crippen LogP contribution in [0.4, 0.5) is 5.69 Å². The molecule has 0 radical (unpaired) electrons. The first-order valence-electron chi connectivity index (χ1n) is 6.41. The lowest BCUT2D eigenvalue weighted by molar-refractivity contribution is 0.100. The maximum absolute atomic E-state index is 11.0. The van der Waals surface area contributed by atoms with Crippen molar-refractivity contribution in [1.82, 2.24) is 0 Å². The Morgan fingerprint density at radius 3 is 2.40 bits per heavy atom. The second-order valence-electron chi connectivity index (χ2n) is 4.82. The molecule has 0 aliphatic heterocycles. The first-order valence-corrected chi connectivity index (χ1v) is 6.41. The van der Waals surface area contributed by atoms with Crippen LogP contribution in [-0.4, -0.2) is 11.0 Å². The van der Waals surface area contributed by atoms with Crippen LogP contribution in [-0.2, 0) is 6.54 Å². The highest BCUT2D eigenvalue weighted by Gasteiger charge is 2.06. The van der Waals surface area contributed by atoms with Crippen molar-refractivity contribution < 1.29 is 9.90 Å². The van der Waals surface area contributed by atoms with E-state index in [9.17, 15) is 9.90 Å². The molecule has 0 saturated heterocycles. The van der Waals surface area contributed by atoms with E-state index in [1.165, 1.54) is 0 Å². The van der Waals surface area contributed by atoms with Crippen LogP contribution in [0, 0.1) is 13.8 Å². The normalized spacial score (nSPS) is 10.3. The van der Waals surface area contributed by atoms with Crippen LogP contribution in [0.15, 0.2) is 36.4 Å². The maximum atomic E-state index is 11.0. The lowest BCUT2D eigenvalue weighted by atomic mass is 10.1. The summed E-state index contributed by atoms with van der Waals surface area (Å²) in [6, 6.07) is 11.0. The quantitative estimate of drug-likeness (QED) is 0.799. The van der Waals surface area contributed by atoms with E-state index in [2.05, 4.69) is 5.32 Å². The van der Waals surface area contributed by atoms with Gasteiger partial charge < -0.3 is 16.2 Å². The molecule has 0 aliphatic carbocycles.